The molecule has 0 spiro atoms. The zero-order chi connectivity index (χ0) is 28.4. The number of aromatic nitrogens is 3. The average molecular weight is 587 g/mol. The van der Waals surface area contributed by atoms with Crippen LogP contribution in [0.15, 0.2) is 78.0 Å². The Hall–Kier alpha value is -4.36. The molecule has 1 aliphatic rings. The van der Waals surface area contributed by atoms with Gasteiger partial charge in [0.1, 0.15) is 12.1 Å². The van der Waals surface area contributed by atoms with Crippen molar-refractivity contribution in [3.05, 3.63) is 83.6 Å². The van der Waals surface area contributed by atoms with E-state index in [2.05, 4.69) is 25.1 Å². The highest BCUT2D eigenvalue weighted by Gasteiger charge is 2.32. The van der Waals surface area contributed by atoms with Crippen LogP contribution in [-0.4, -0.2) is 44.0 Å². The number of hydrogen-bond acceptors (Lipinski definition) is 6. The van der Waals surface area contributed by atoms with Crippen molar-refractivity contribution in [3.63, 3.8) is 0 Å². The number of aryl methyl sites for hydroxylation is 1. The molecule has 0 atom stereocenters. The molecule has 2 heterocycles. The number of hydrogen-bond donors (Lipinski definition) is 1. The number of nitrogens with zero attached hydrogens (tertiary/aromatic N) is 5. The fraction of sp³-hybridized carbons (Fsp3) is 0.115. The number of alkyl halides is 3. The lowest BCUT2D eigenvalue weighted by molar-refractivity contribution is -0.274. The Morgan fingerprint density at radius 3 is 2.50 bits per heavy atom. The molecular formula is C26H18ClF3N6O3S. The van der Waals surface area contributed by atoms with Crippen LogP contribution >= 0.6 is 23.4 Å². The van der Waals surface area contributed by atoms with E-state index in [0.717, 1.165) is 17.3 Å². The number of rotatable bonds is 5. The summed E-state index contributed by atoms with van der Waals surface area (Å²) in [6, 6.07) is 16.4. The summed E-state index contributed by atoms with van der Waals surface area (Å²) in [5, 5.41) is 7.61. The van der Waals surface area contributed by atoms with Crippen LogP contribution in [0, 0.1) is 6.92 Å². The molecule has 5 rings (SSSR count). The zero-order valence-electron chi connectivity index (χ0n) is 20.5. The molecule has 204 valence electrons. The Kier molecular flexibility index (Phi) is 7.50. The van der Waals surface area contributed by atoms with E-state index in [1.807, 2.05) is 13.0 Å². The first-order valence-corrected chi connectivity index (χ1v) is 12.9. The van der Waals surface area contributed by atoms with Crippen LogP contribution in [0.3, 0.4) is 0 Å². The number of benzene rings is 3. The average Bonchev–Trinajstić information content (AvgIpc) is 3.52. The quantitative estimate of drug-likeness (QED) is 0.288. The molecular weight excluding hydrogens is 569 g/mol. The van der Waals surface area contributed by atoms with Crippen molar-refractivity contribution in [1.29, 1.82) is 0 Å². The van der Waals surface area contributed by atoms with Crippen molar-refractivity contribution in [1.82, 2.24) is 14.8 Å². The number of amides is 3. The molecule has 1 aromatic heterocycles. The van der Waals surface area contributed by atoms with Crippen LogP contribution in [-0.2, 0) is 4.79 Å². The summed E-state index contributed by atoms with van der Waals surface area (Å²) in [5.41, 5.74) is 2.96. The Bertz CT molecular complexity index is 1610. The monoisotopic (exact) mass is 586 g/mol. The molecule has 1 saturated heterocycles. The fourth-order valence-electron chi connectivity index (χ4n) is 3.74. The van der Waals surface area contributed by atoms with Crippen molar-refractivity contribution in [3.8, 4) is 22.8 Å². The summed E-state index contributed by atoms with van der Waals surface area (Å²) in [6.07, 6.45) is -3.35. The van der Waals surface area contributed by atoms with Gasteiger partial charge < -0.3 is 10.1 Å². The minimum Gasteiger partial charge on any atom is -0.406 e. The molecule has 3 amide bonds. The number of urea groups is 1. The normalized spacial score (nSPS) is 14.6. The van der Waals surface area contributed by atoms with Crippen molar-refractivity contribution >= 4 is 51.8 Å². The Labute approximate surface area is 234 Å². The van der Waals surface area contributed by atoms with Gasteiger partial charge in [0.05, 0.1) is 22.2 Å². The second-order valence-corrected chi connectivity index (χ2v) is 9.78. The van der Waals surface area contributed by atoms with Gasteiger partial charge in [-0.25, -0.2) is 14.5 Å². The molecule has 0 unspecified atom stereocenters. The number of carbonyl (C=O) groups is 2. The molecule has 0 saturated carbocycles. The highest BCUT2D eigenvalue weighted by molar-refractivity contribution is 8.15. The van der Waals surface area contributed by atoms with Gasteiger partial charge >= 0.3 is 12.4 Å². The summed E-state index contributed by atoms with van der Waals surface area (Å²) in [6.45, 7) is 1.88. The second kappa shape index (κ2) is 11.0. The Morgan fingerprint density at radius 2 is 1.82 bits per heavy atom. The molecule has 1 aliphatic heterocycles. The van der Waals surface area contributed by atoms with Gasteiger partial charge in [-0.1, -0.05) is 29.4 Å². The third kappa shape index (κ3) is 6.26. The molecule has 4 aromatic rings. The van der Waals surface area contributed by atoms with E-state index in [-0.39, 0.29) is 22.6 Å². The minimum absolute atomic E-state index is 0.135. The van der Waals surface area contributed by atoms with Gasteiger partial charge in [0, 0.05) is 11.3 Å². The number of thioether (sulfide) groups is 1. The molecule has 3 aromatic carbocycles. The largest absolute Gasteiger partial charge is 0.573 e. The Balaban J connectivity index is 1.25. The van der Waals surface area contributed by atoms with Gasteiger partial charge in [-0.15, -0.1) is 18.3 Å². The van der Waals surface area contributed by atoms with E-state index >= 15 is 0 Å². The predicted molar refractivity (Wildman–Crippen MR) is 146 cm³/mol. The van der Waals surface area contributed by atoms with Crippen LogP contribution in [0.5, 0.6) is 5.75 Å². The summed E-state index contributed by atoms with van der Waals surface area (Å²) < 4.78 is 42.4. The maximum atomic E-state index is 12.6. The third-order valence-corrected chi connectivity index (χ3v) is 6.75. The SMILES string of the molecule is Cc1ccc(N2C(=O)CSC2=NC(=O)Nc2ccc(-c3ncn(-c4ccc(OC(F)(F)F)cc4)n3)cc2)c(Cl)c1. The third-order valence-electron chi connectivity index (χ3n) is 5.53. The number of ether oxygens (including phenoxy) is 1. The lowest BCUT2D eigenvalue weighted by Gasteiger charge is -2.17. The van der Waals surface area contributed by atoms with Crippen LogP contribution in [0.25, 0.3) is 17.1 Å². The number of aliphatic imine (C=N–C) groups is 1. The second-order valence-electron chi connectivity index (χ2n) is 8.43. The fourth-order valence-corrected chi connectivity index (χ4v) is 4.91. The van der Waals surface area contributed by atoms with Gasteiger partial charge in [0.25, 0.3) is 0 Å². The summed E-state index contributed by atoms with van der Waals surface area (Å²) in [4.78, 5) is 34.7. The van der Waals surface area contributed by atoms with Crippen molar-refractivity contribution < 1.29 is 27.5 Å². The Morgan fingerprint density at radius 1 is 1.10 bits per heavy atom. The smallest absolute Gasteiger partial charge is 0.406 e. The first kappa shape index (κ1) is 27.2. The first-order valence-electron chi connectivity index (χ1n) is 11.6. The molecule has 0 aliphatic carbocycles. The van der Waals surface area contributed by atoms with Gasteiger partial charge in [0.15, 0.2) is 11.0 Å². The van der Waals surface area contributed by atoms with E-state index in [1.54, 1.807) is 36.4 Å². The van der Waals surface area contributed by atoms with Crippen LogP contribution < -0.4 is 15.0 Å². The van der Waals surface area contributed by atoms with Gasteiger partial charge in [-0.3, -0.25) is 9.69 Å². The number of halogens is 4. The maximum absolute atomic E-state index is 12.6. The summed E-state index contributed by atoms with van der Waals surface area (Å²) in [7, 11) is 0. The first-order chi connectivity index (χ1) is 19.1. The lowest BCUT2D eigenvalue weighted by atomic mass is 10.2. The van der Waals surface area contributed by atoms with E-state index in [0.29, 0.717) is 33.5 Å². The van der Waals surface area contributed by atoms with Crippen LogP contribution in [0.4, 0.5) is 29.3 Å². The molecule has 1 fully saturated rings. The highest BCUT2D eigenvalue weighted by Crippen LogP contribution is 2.33. The van der Waals surface area contributed by atoms with Gasteiger partial charge in [-0.2, -0.15) is 4.99 Å². The van der Waals surface area contributed by atoms with Crippen LogP contribution in [0.2, 0.25) is 5.02 Å². The zero-order valence-corrected chi connectivity index (χ0v) is 22.1. The molecule has 40 heavy (non-hydrogen) atoms. The van der Waals surface area contributed by atoms with Gasteiger partial charge in [-0.05, 0) is 73.2 Å². The number of anilines is 2. The summed E-state index contributed by atoms with van der Waals surface area (Å²) >= 11 is 7.46. The lowest BCUT2D eigenvalue weighted by Crippen LogP contribution is -2.30. The topological polar surface area (TPSA) is 102 Å². The number of nitrogens with one attached hydrogen (secondary N) is 1. The standard InChI is InChI=1S/C26H18ClF3N6O3S/c1-15-2-11-21(20(27)12-15)36-22(37)13-40-25(36)33-24(38)32-17-5-3-16(4-6-17)23-31-14-35(34-23)18-7-9-19(10-8-18)39-26(28,29)30/h2-12,14H,13H2,1H3,(H,32,38). The van der Waals surface area contributed by atoms with E-state index in [1.165, 1.54) is 40.2 Å². The maximum Gasteiger partial charge on any atom is 0.573 e. The molecule has 0 radical (unpaired) electrons. The van der Waals surface area contributed by atoms with Crippen molar-refractivity contribution in [2.45, 2.75) is 13.3 Å². The summed E-state index contributed by atoms with van der Waals surface area (Å²) in [5.74, 6) is -0.0793. The number of carbonyl (C=O) groups excluding carboxylic acids is 2. The molecule has 9 nitrogen and oxygen atoms in total. The van der Waals surface area contributed by atoms with E-state index < -0.39 is 12.4 Å². The van der Waals surface area contributed by atoms with Gasteiger partial charge in [0.2, 0.25) is 5.91 Å². The van der Waals surface area contributed by atoms with Crippen molar-refractivity contribution in [2.24, 2.45) is 4.99 Å². The van der Waals surface area contributed by atoms with Crippen molar-refractivity contribution in [2.75, 3.05) is 16.0 Å². The molecule has 14 heteroatoms. The van der Waals surface area contributed by atoms with E-state index in [9.17, 15) is 22.8 Å². The van der Waals surface area contributed by atoms with Crippen LogP contribution in [0.1, 0.15) is 5.56 Å². The van der Waals surface area contributed by atoms with E-state index in [4.69, 9.17) is 11.6 Å². The number of amidine groups is 1. The predicted octanol–water partition coefficient (Wildman–Crippen LogP) is 6.46. The molecule has 1 N–H and O–H groups in total. The highest BCUT2D eigenvalue weighted by atomic mass is 35.5. The molecule has 0 bridgehead atoms. The minimum atomic E-state index is -4.77.